The topological polar surface area (TPSA) is 68.2 Å². The van der Waals surface area contributed by atoms with Crippen LogP contribution in [0.5, 0.6) is 0 Å². The first-order valence-corrected chi connectivity index (χ1v) is 10.00. The number of carbonyl (C=O) groups excluding carboxylic acids is 1. The lowest BCUT2D eigenvalue weighted by Crippen LogP contribution is -2.63. The fourth-order valence-electron chi connectivity index (χ4n) is 4.82. The molecule has 2 unspecified atom stereocenters. The van der Waals surface area contributed by atoms with Gasteiger partial charge in [-0.05, 0) is 43.6 Å². The second-order valence-electron chi connectivity index (χ2n) is 8.19. The van der Waals surface area contributed by atoms with Gasteiger partial charge in [-0.25, -0.2) is 4.79 Å². The van der Waals surface area contributed by atoms with Crippen LogP contribution in [0.25, 0.3) is 0 Å². The summed E-state index contributed by atoms with van der Waals surface area (Å²) in [4.78, 5) is 14.5. The molecule has 6 nitrogen and oxygen atoms in total. The number of rotatable bonds is 4. The molecular formula is C21H29NO5. The molecule has 3 aliphatic heterocycles. The van der Waals surface area contributed by atoms with E-state index >= 15 is 0 Å². The highest BCUT2D eigenvalue weighted by Crippen LogP contribution is 2.40. The van der Waals surface area contributed by atoms with Crippen LogP contribution >= 0.6 is 0 Å². The Morgan fingerprint density at radius 3 is 2.44 bits per heavy atom. The van der Waals surface area contributed by atoms with Crippen LogP contribution in [0.2, 0.25) is 0 Å². The summed E-state index contributed by atoms with van der Waals surface area (Å²) in [6, 6.07) is 9.46. The molecule has 3 fully saturated rings. The van der Waals surface area contributed by atoms with Gasteiger partial charge in [-0.15, -0.1) is 0 Å². The molecule has 0 saturated carbocycles. The molecular weight excluding hydrogens is 346 g/mol. The Kier molecular flexibility index (Phi) is 5.66. The van der Waals surface area contributed by atoms with Crippen LogP contribution in [-0.2, 0) is 20.8 Å². The zero-order valence-corrected chi connectivity index (χ0v) is 15.7. The summed E-state index contributed by atoms with van der Waals surface area (Å²) < 4.78 is 16.7. The third kappa shape index (κ3) is 4.45. The maximum absolute atomic E-state index is 12.7. The fourth-order valence-corrected chi connectivity index (χ4v) is 4.82. The maximum Gasteiger partial charge on any atom is 0.410 e. The first-order valence-electron chi connectivity index (χ1n) is 10.00. The third-order valence-electron chi connectivity index (χ3n) is 6.06. The summed E-state index contributed by atoms with van der Waals surface area (Å²) in [6.07, 6.45) is 3.62. The van der Waals surface area contributed by atoms with E-state index < -0.39 is 5.60 Å². The lowest BCUT2D eigenvalue weighted by atomic mass is 9.75. The van der Waals surface area contributed by atoms with Crippen molar-refractivity contribution in [1.82, 2.24) is 4.90 Å². The van der Waals surface area contributed by atoms with Crippen molar-refractivity contribution in [3.63, 3.8) is 0 Å². The van der Waals surface area contributed by atoms with E-state index in [1.54, 1.807) is 0 Å². The molecule has 27 heavy (non-hydrogen) atoms. The molecule has 2 atom stereocenters. The van der Waals surface area contributed by atoms with Crippen LogP contribution in [0.3, 0.4) is 0 Å². The zero-order valence-electron chi connectivity index (χ0n) is 15.7. The van der Waals surface area contributed by atoms with Crippen LogP contribution in [0.15, 0.2) is 30.3 Å². The summed E-state index contributed by atoms with van der Waals surface area (Å²) in [6.45, 7) is 2.77. The van der Waals surface area contributed by atoms with Gasteiger partial charge >= 0.3 is 6.09 Å². The molecule has 1 aromatic rings. The first-order chi connectivity index (χ1) is 13.1. The number of fused-ring (bicyclic) bond motifs is 2. The number of hydrogen-bond donors (Lipinski definition) is 1. The second-order valence-corrected chi connectivity index (χ2v) is 8.19. The van der Waals surface area contributed by atoms with Gasteiger partial charge in [0, 0.05) is 13.2 Å². The molecule has 1 amide bonds. The quantitative estimate of drug-likeness (QED) is 0.876. The molecule has 6 heteroatoms. The van der Waals surface area contributed by atoms with Gasteiger partial charge in [0.1, 0.15) is 6.61 Å². The first kappa shape index (κ1) is 18.7. The van der Waals surface area contributed by atoms with Crippen molar-refractivity contribution in [2.24, 2.45) is 5.92 Å². The van der Waals surface area contributed by atoms with Crippen molar-refractivity contribution >= 4 is 6.09 Å². The molecule has 2 bridgehead atoms. The minimum absolute atomic E-state index is 0.120. The number of ether oxygens (including phenoxy) is 3. The summed E-state index contributed by atoms with van der Waals surface area (Å²) in [5.41, 5.74) is 0.248. The van der Waals surface area contributed by atoms with Gasteiger partial charge in [0.2, 0.25) is 0 Å². The fraction of sp³-hybridized carbons (Fsp3) is 0.667. The number of aliphatic hydroxyl groups is 1. The van der Waals surface area contributed by atoms with Crippen molar-refractivity contribution in [2.45, 2.75) is 56.4 Å². The smallest absolute Gasteiger partial charge is 0.410 e. The van der Waals surface area contributed by atoms with Gasteiger partial charge in [0.25, 0.3) is 0 Å². The van der Waals surface area contributed by atoms with Crippen LogP contribution in [0.1, 0.15) is 37.7 Å². The van der Waals surface area contributed by atoms with Gasteiger partial charge in [-0.1, -0.05) is 30.3 Å². The molecule has 0 spiro atoms. The Morgan fingerprint density at radius 2 is 1.78 bits per heavy atom. The number of piperidine rings is 1. The van der Waals surface area contributed by atoms with Crippen LogP contribution in [0.4, 0.5) is 4.79 Å². The average Bonchev–Trinajstić information content (AvgIpc) is 2.67. The van der Waals surface area contributed by atoms with Gasteiger partial charge in [0.15, 0.2) is 0 Å². The minimum Gasteiger partial charge on any atom is -0.445 e. The van der Waals surface area contributed by atoms with Gasteiger partial charge in [0.05, 0.1) is 30.9 Å². The van der Waals surface area contributed by atoms with Crippen molar-refractivity contribution in [1.29, 1.82) is 0 Å². The number of amides is 1. The summed E-state index contributed by atoms with van der Waals surface area (Å²) in [5, 5.41) is 11.3. The van der Waals surface area contributed by atoms with Gasteiger partial charge in [-0.3, -0.25) is 4.90 Å². The molecule has 148 valence electrons. The number of carbonyl (C=O) groups is 1. The normalized spacial score (nSPS) is 31.5. The lowest BCUT2D eigenvalue weighted by Gasteiger charge is -2.51. The minimum atomic E-state index is -0.725. The van der Waals surface area contributed by atoms with E-state index in [4.69, 9.17) is 14.2 Å². The molecule has 1 N–H and O–H groups in total. The highest BCUT2D eigenvalue weighted by Gasteiger charge is 2.49. The summed E-state index contributed by atoms with van der Waals surface area (Å²) in [5.74, 6) is 0.502. The molecule has 3 heterocycles. The van der Waals surface area contributed by atoms with E-state index in [9.17, 15) is 9.90 Å². The van der Waals surface area contributed by atoms with Crippen LogP contribution < -0.4 is 0 Å². The Labute approximate surface area is 160 Å². The van der Waals surface area contributed by atoms with Gasteiger partial charge < -0.3 is 19.3 Å². The Morgan fingerprint density at radius 1 is 1.11 bits per heavy atom. The van der Waals surface area contributed by atoms with Crippen LogP contribution in [-0.4, -0.2) is 60.2 Å². The van der Waals surface area contributed by atoms with E-state index in [0.29, 0.717) is 32.0 Å². The van der Waals surface area contributed by atoms with E-state index in [-0.39, 0.29) is 24.8 Å². The highest BCUT2D eigenvalue weighted by molar-refractivity contribution is 5.69. The Hall–Kier alpha value is -1.63. The predicted octanol–water partition coefficient (Wildman–Crippen LogP) is 2.73. The summed E-state index contributed by atoms with van der Waals surface area (Å²) >= 11 is 0. The molecule has 3 saturated heterocycles. The number of nitrogens with zero attached hydrogens (tertiary/aromatic N) is 1. The van der Waals surface area contributed by atoms with E-state index in [2.05, 4.69) is 0 Å². The third-order valence-corrected chi connectivity index (χ3v) is 6.06. The molecule has 0 radical (unpaired) electrons. The Balaban J connectivity index is 1.38. The molecule has 4 rings (SSSR count). The lowest BCUT2D eigenvalue weighted by molar-refractivity contribution is -0.142. The molecule has 3 aliphatic rings. The van der Waals surface area contributed by atoms with Crippen LogP contribution in [0, 0.1) is 5.92 Å². The predicted molar refractivity (Wildman–Crippen MR) is 99.2 cm³/mol. The molecule has 1 aromatic carbocycles. The maximum atomic E-state index is 12.7. The largest absolute Gasteiger partial charge is 0.445 e. The summed E-state index contributed by atoms with van der Waals surface area (Å²) in [7, 11) is 0. The molecule has 0 aromatic heterocycles. The number of morpholine rings is 1. The SMILES string of the molecule is O=C(OCc1ccccc1)N1C2COCC1CC(O)(CC1CCOCC1)C2. The number of hydrogen-bond acceptors (Lipinski definition) is 5. The zero-order chi connectivity index (χ0) is 18.7. The van der Waals surface area contributed by atoms with Gasteiger partial charge in [-0.2, -0.15) is 0 Å². The van der Waals surface area contributed by atoms with E-state index in [1.165, 1.54) is 0 Å². The van der Waals surface area contributed by atoms with E-state index in [1.807, 2.05) is 35.2 Å². The van der Waals surface area contributed by atoms with Crippen molar-refractivity contribution in [3.8, 4) is 0 Å². The monoisotopic (exact) mass is 375 g/mol. The highest BCUT2D eigenvalue weighted by atomic mass is 16.6. The average molecular weight is 375 g/mol. The number of benzene rings is 1. The second kappa shape index (κ2) is 8.17. The molecule has 0 aliphatic carbocycles. The van der Waals surface area contributed by atoms with E-state index in [0.717, 1.165) is 38.0 Å². The van der Waals surface area contributed by atoms with Crippen molar-refractivity contribution in [3.05, 3.63) is 35.9 Å². The van der Waals surface area contributed by atoms with Crippen molar-refractivity contribution < 1.29 is 24.1 Å². The Bertz CT molecular complexity index is 617. The standard InChI is InChI=1S/C21H29NO5/c23-20(27-13-17-4-2-1-3-5-17)22-18-11-21(24,12-19(22)15-26-14-18)10-16-6-8-25-9-7-16/h1-5,16,18-19,24H,6-15H2. The van der Waals surface area contributed by atoms with Crippen molar-refractivity contribution in [2.75, 3.05) is 26.4 Å².